The predicted octanol–water partition coefficient (Wildman–Crippen LogP) is 3.20. The van der Waals surface area contributed by atoms with Crippen LogP contribution >= 0.6 is 11.3 Å². The molecule has 1 N–H and O–H groups in total. The van der Waals surface area contributed by atoms with Crippen LogP contribution < -0.4 is 5.32 Å². The fraction of sp³-hybridized carbons (Fsp3) is 0.636. The lowest BCUT2D eigenvalue weighted by atomic mass is 9.90. The van der Waals surface area contributed by atoms with Crippen LogP contribution in [0.5, 0.6) is 0 Å². The Morgan fingerprint density at radius 2 is 2.54 bits per heavy atom. The van der Waals surface area contributed by atoms with Gasteiger partial charge in [0, 0.05) is 10.9 Å². The lowest BCUT2D eigenvalue weighted by Crippen LogP contribution is -2.30. The van der Waals surface area contributed by atoms with E-state index < -0.39 is 0 Å². The second-order valence-corrected chi connectivity index (χ2v) is 4.80. The van der Waals surface area contributed by atoms with Gasteiger partial charge in [-0.2, -0.15) is 0 Å². The number of hydrogen-bond donors (Lipinski definition) is 1. The van der Waals surface area contributed by atoms with Crippen molar-refractivity contribution in [3.8, 4) is 0 Å². The molecular formula is C11H17NS. The molecule has 1 saturated heterocycles. The van der Waals surface area contributed by atoms with Gasteiger partial charge in [-0.05, 0) is 36.8 Å². The van der Waals surface area contributed by atoms with Crippen LogP contribution in [0.1, 0.15) is 37.1 Å². The summed E-state index contributed by atoms with van der Waals surface area (Å²) in [5.41, 5.74) is 0. The van der Waals surface area contributed by atoms with Crippen LogP contribution in [0, 0.1) is 5.92 Å². The second-order valence-electron chi connectivity index (χ2n) is 3.82. The van der Waals surface area contributed by atoms with Crippen LogP contribution in [0.25, 0.3) is 0 Å². The van der Waals surface area contributed by atoms with E-state index in [1.807, 2.05) is 11.3 Å². The number of nitrogens with one attached hydrogen (secondary N) is 1. The molecule has 2 heterocycles. The molecule has 1 nitrogen and oxygen atoms in total. The van der Waals surface area contributed by atoms with Gasteiger partial charge in [-0.15, -0.1) is 11.3 Å². The topological polar surface area (TPSA) is 12.0 Å². The van der Waals surface area contributed by atoms with Crippen LogP contribution in [0.15, 0.2) is 17.5 Å². The minimum absolute atomic E-state index is 0.638. The molecule has 0 saturated carbocycles. The van der Waals surface area contributed by atoms with E-state index in [1.54, 1.807) is 0 Å². The molecule has 0 aliphatic carbocycles. The molecule has 1 aliphatic heterocycles. The normalized spacial score (nSPS) is 29.0. The molecule has 0 radical (unpaired) electrons. The first-order valence-corrected chi connectivity index (χ1v) is 6.05. The van der Waals surface area contributed by atoms with E-state index in [4.69, 9.17) is 0 Å². The average Bonchev–Trinajstić information content (AvgIpc) is 2.71. The highest BCUT2D eigenvalue weighted by Gasteiger charge is 2.21. The van der Waals surface area contributed by atoms with Gasteiger partial charge in [-0.1, -0.05) is 19.4 Å². The zero-order valence-corrected chi connectivity index (χ0v) is 8.94. The molecule has 2 unspecified atom stereocenters. The van der Waals surface area contributed by atoms with Crippen molar-refractivity contribution in [1.82, 2.24) is 5.32 Å². The summed E-state index contributed by atoms with van der Waals surface area (Å²) in [6, 6.07) is 5.04. The first kappa shape index (κ1) is 9.22. The Hall–Kier alpha value is -0.340. The Kier molecular flexibility index (Phi) is 3.01. The fourth-order valence-electron chi connectivity index (χ4n) is 2.07. The predicted molar refractivity (Wildman–Crippen MR) is 58.1 cm³/mol. The summed E-state index contributed by atoms with van der Waals surface area (Å²) in [5, 5.41) is 5.77. The molecule has 1 aromatic heterocycles. The van der Waals surface area contributed by atoms with Crippen LogP contribution in [0.2, 0.25) is 0 Å². The van der Waals surface area contributed by atoms with E-state index in [0.717, 1.165) is 5.92 Å². The maximum absolute atomic E-state index is 3.60. The van der Waals surface area contributed by atoms with E-state index in [-0.39, 0.29) is 0 Å². The van der Waals surface area contributed by atoms with Crippen molar-refractivity contribution >= 4 is 11.3 Å². The van der Waals surface area contributed by atoms with E-state index in [1.165, 1.54) is 30.7 Å². The van der Waals surface area contributed by atoms with Gasteiger partial charge in [0.05, 0.1) is 0 Å². The summed E-state index contributed by atoms with van der Waals surface area (Å²) in [7, 11) is 0. The fourth-order valence-corrected chi connectivity index (χ4v) is 2.89. The molecule has 0 aromatic carbocycles. The monoisotopic (exact) mass is 195 g/mol. The largest absolute Gasteiger partial charge is 0.309 e. The molecule has 13 heavy (non-hydrogen) atoms. The standard InChI is InChI=1S/C11H17NS/c1-2-9-5-6-12-10(8-9)11-4-3-7-13-11/h3-4,7,9-10,12H,2,5-6,8H2,1H3. The molecule has 0 amide bonds. The van der Waals surface area contributed by atoms with Crippen molar-refractivity contribution in [1.29, 1.82) is 0 Å². The SMILES string of the molecule is CCC1CCNC(c2cccs2)C1. The third-order valence-corrected chi connectivity index (χ3v) is 3.96. The molecule has 1 fully saturated rings. The smallest absolute Gasteiger partial charge is 0.0417 e. The first-order valence-electron chi connectivity index (χ1n) is 5.17. The summed E-state index contributed by atoms with van der Waals surface area (Å²) < 4.78 is 0. The summed E-state index contributed by atoms with van der Waals surface area (Å²) in [5.74, 6) is 0.938. The van der Waals surface area contributed by atoms with Gasteiger partial charge >= 0.3 is 0 Å². The average molecular weight is 195 g/mol. The van der Waals surface area contributed by atoms with Gasteiger partial charge in [0.2, 0.25) is 0 Å². The van der Waals surface area contributed by atoms with Crippen LogP contribution in [-0.2, 0) is 0 Å². The molecule has 0 bridgehead atoms. The Bertz CT molecular complexity index is 243. The van der Waals surface area contributed by atoms with Crippen molar-refractivity contribution in [3.05, 3.63) is 22.4 Å². The molecular weight excluding hydrogens is 178 g/mol. The summed E-state index contributed by atoms with van der Waals surface area (Å²) in [6.07, 6.45) is 4.03. The molecule has 2 atom stereocenters. The van der Waals surface area contributed by atoms with E-state index >= 15 is 0 Å². The van der Waals surface area contributed by atoms with Crippen LogP contribution in [0.4, 0.5) is 0 Å². The van der Waals surface area contributed by atoms with Crippen LogP contribution in [0.3, 0.4) is 0 Å². The first-order chi connectivity index (χ1) is 6.40. The second kappa shape index (κ2) is 4.25. The Balaban J connectivity index is 2.00. The zero-order chi connectivity index (χ0) is 9.10. The highest BCUT2D eigenvalue weighted by molar-refractivity contribution is 7.10. The van der Waals surface area contributed by atoms with Crippen molar-refractivity contribution < 1.29 is 0 Å². The molecule has 0 spiro atoms. The Morgan fingerprint density at radius 1 is 1.62 bits per heavy atom. The quantitative estimate of drug-likeness (QED) is 0.764. The number of piperidine rings is 1. The molecule has 2 rings (SSSR count). The van der Waals surface area contributed by atoms with Gasteiger partial charge in [0.1, 0.15) is 0 Å². The van der Waals surface area contributed by atoms with Gasteiger partial charge in [0.25, 0.3) is 0 Å². The Labute approximate surface area is 84.2 Å². The molecule has 1 aromatic rings. The lowest BCUT2D eigenvalue weighted by molar-refractivity contribution is 0.302. The Morgan fingerprint density at radius 3 is 3.23 bits per heavy atom. The van der Waals surface area contributed by atoms with E-state index in [0.29, 0.717) is 6.04 Å². The number of rotatable bonds is 2. The van der Waals surface area contributed by atoms with Crippen LogP contribution in [-0.4, -0.2) is 6.54 Å². The lowest BCUT2D eigenvalue weighted by Gasteiger charge is -2.29. The van der Waals surface area contributed by atoms with Gasteiger partial charge in [-0.25, -0.2) is 0 Å². The van der Waals surface area contributed by atoms with E-state index in [9.17, 15) is 0 Å². The van der Waals surface area contributed by atoms with Gasteiger partial charge in [-0.3, -0.25) is 0 Å². The highest BCUT2D eigenvalue weighted by atomic mass is 32.1. The minimum Gasteiger partial charge on any atom is -0.309 e. The molecule has 1 aliphatic rings. The van der Waals surface area contributed by atoms with Gasteiger partial charge < -0.3 is 5.32 Å². The maximum Gasteiger partial charge on any atom is 0.0417 e. The zero-order valence-electron chi connectivity index (χ0n) is 8.12. The number of thiophene rings is 1. The van der Waals surface area contributed by atoms with Crippen molar-refractivity contribution in [2.24, 2.45) is 5.92 Å². The van der Waals surface area contributed by atoms with E-state index in [2.05, 4.69) is 29.8 Å². The third-order valence-electron chi connectivity index (χ3n) is 2.98. The molecule has 2 heteroatoms. The summed E-state index contributed by atoms with van der Waals surface area (Å²) in [6.45, 7) is 3.50. The summed E-state index contributed by atoms with van der Waals surface area (Å²) >= 11 is 1.88. The third kappa shape index (κ3) is 2.12. The maximum atomic E-state index is 3.60. The summed E-state index contributed by atoms with van der Waals surface area (Å²) in [4.78, 5) is 1.51. The van der Waals surface area contributed by atoms with Crippen molar-refractivity contribution in [2.75, 3.05) is 6.54 Å². The number of hydrogen-bond acceptors (Lipinski definition) is 2. The van der Waals surface area contributed by atoms with Gasteiger partial charge in [0.15, 0.2) is 0 Å². The van der Waals surface area contributed by atoms with Crippen molar-refractivity contribution in [3.63, 3.8) is 0 Å². The molecule has 72 valence electrons. The highest BCUT2D eigenvalue weighted by Crippen LogP contribution is 2.31. The van der Waals surface area contributed by atoms with Crippen molar-refractivity contribution in [2.45, 2.75) is 32.2 Å². The minimum atomic E-state index is 0.638.